The average molecular weight is 309 g/mol. The quantitative estimate of drug-likeness (QED) is 0.654. The molecule has 0 bridgehead atoms. The fourth-order valence-electron chi connectivity index (χ4n) is 1.89. The SMILES string of the molecule is CCCc1cc(NC(=O)c2cccc(Cl)c2[N+](=O)[O-])n[nH]1. The molecule has 0 saturated carbocycles. The van der Waals surface area contributed by atoms with Crippen molar-refractivity contribution >= 4 is 29.0 Å². The van der Waals surface area contributed by atoms with Crippen LogP contribution in [0.1, 0.15) is 29.4 Å². The van der Waals surface area contributed by atoms with Gasteiger partial charge in [-0.15, -0.1) is 0 Å². The highest BCUT2D eigenvalue weighted by Crippen LogP contribution is 2.28. The van der Waals surface area contributed by atoms with Gasteiger partial charge in [0.25, 0.3) is 5.91 Å². The number of anilines is 1. The number of benzene rings is 1. The van der Waals surface area contributed by atoms with Crippen molar-refractivity contribution in [3.8, 4) is 0 Å². The second kappa shape index (κ2) is 6.36. The molecule has 110 valence electrons. The molecule has 0 aliphatic rings. The zero-order chi connectivity index (χ0) is 15.4. The number of nitrogens with zero attached hydrogens (tertiary/aromatic N) is 2. The van der Waals surface area contributed by atoms with Crippen LogP contribution < -0.4 is 5.32 Å². The molecule has 2 aromatic rings. The Morgan fingerprint density at radius 3 is 2.95 bits per heavy atom. The molecule has 7 nitrogen and oxygen atoms in total. The Labute approximate surface area is 125 Å². The number of aromatic nitrogens is 2. The molecule has 1 heterocycles. The van der Waals surface area contributed by atoms with Crippen LogP contribution in [0.25, 0.3) is 0 Å². The number of nitro benzene ring substituents is 1. The predicted octanol–water partition coefficient (Wildman–Crippen LogP) is 3.18. The van der Waals surface area contributed by atoms with Crippen molar-refractivity contribution in [3.05, 3.63) is 50.7 Å². The van der Waals surface area contributed by atoms with Gasteiger partial charge in [0, 0.05) is 11.8 Å². The molecule has 0 radical (unpaired) electrons. The lowest BCUT2D eigenvalue weighted by Gasteiger charge is -2.04. The highest BCUT2D eigenvalue weighted by molar-refractivity contribution is 6.33. The molecular weight excluding hydrogens is 296 g/mol. The molecule has 1 amide bonds. The van der Waals surface area contributed by atoms with Gasteiger partial charge in [0.05, 0.1) is 4.92 Å². The van der Waals surface area contributed by atoms with E-state index in [9.17, 15) is 14.9 Å². The van der Waals surface area contributed by atoms with E-state index in [1.54, 1.807) is 6.07 Å². The number of rotatable bonds is 5. The van der Waals surface area contributed by atoms with Crippen LogP contribution in [0.2, 0.25) is 5.02 Å². The monoisotopic (exact) mass is 308 g/mol. The predicted molar refractivity (Wildman–Crippen MR) is 78.6 cm³/mol. The fourth-order valence-corrected chi connectivity index (χ4v) is 2.13. The summed E-state index contributed by atoms with van der Waals surface area (Å²) in [5, 5.41) is 20.2. The maximum Gasteiger partial charge on any atom is 0.300 e. The summed E-state index contributed by atoms with van der Waals surface area (Å²) >= 11 is 5.77. The van der Waals surface area contributed by atoms with Gasteiger partial charge in [-0.1, -0.05) is 31.0 Å². The van der Waals surface area contributed by atoms with Crippen LogP contribution in [0.4, 0.5) is 11.5 Å². The first-order valence-corrected chi connectivity index (χ1v) is 6.69. The Morgan fingerprint density at radius 2 is 2.29 bits per heavy atom. The van der Waals surface area contributed by atoms with Crippen LogP contribution >= 0.6 is 11.6 Å². The van der Waals surface area contributed by atoms with E-state index in [2.05, 4.69) is 15.5 Å². The number of carbonyl (C=O) groups excluding carboxylic acids is 1. The fraction of sp³-hybridized carbons (Fsp3) is 0.231. The normalized spacial score (nSPS) is 10.4. The van der Waals surface area contributed by atoms with Crippen molar-refractivity contribution in [2.45, 2.75) is 19.8 Å². The van der Waals surface area contributed by atoms with E-state index in [-0.39, 0.29) is 10.6 Å². The second-order valence-corrected chi connectivity index (χ2v) is 4.78. The largest absolute Gasteiger partial charge is 0.305 e. The number of carbonyl (C=O) groups is 1. The summed E-state index contributed by atoms with van der Waals surface area (Å²) in [6, 6.07) is 5.89. The second-order valence-electron chi connectivity index (χ2n) is 4.38. The molecule has 0 spiro atoms. The van der Waals surface area contributed by atoms with Crippen LogP contribution in [0.3, 0.4) is 0 Å². The molecule has 0 aliphatic carbocycles. The Hall–Kier alpha value is -2.41. The standard InChI is InChI=1S/C13H13ClN4O3/c1-2-4-8-7-11(17-16-8)15-13(19)9-5-3-6-10(14)12(9)18(20)21/h3,5-7H,2,4H2,1H3,(H2,15,16,17,19). The van der Waals surface area contributed by atoms with Gasteiger partial charge in [-0.05, 0) is 18.6 Å². The van der Waals surface area contributed by atoms with Crippen LogP contribution in [0.5, 0.6) is 0 Å². The van der Waals surface area contributed by atoms with E-state index in [4.69, 9.17) is 11.6 Å². The van der Waals surface area contributed by atoms with Crippen LogP contribution in [0.15, 0.2) is 24.3 Å². The molecule has 0 unspecified atom stereocenters. The Balaban J connectivity index is 2.24. The van der Waals surface area contributed by atoms with E-state index >= 15 is 0 Å². The molecule has 8 heteroatoms. The third-order valence-corrected chi connectivity index (χ3v) is 3.11. The van der Waals surface area contributed by atoms with E-state index in [0.717, 1.165) is 18.5 Å². The number of hydrogen-bond acceptors (Lipinski definition) is 4. The van der Waals surface area contributed by atoms with Gasteiger partial charge in [-0.25, -0.2) is 0 Å². The molecule has 0 aliphatic heterocycles. The lowest BCUT2D eigenvalue weighted by molar-refractivity contribution is -0.385. The van der Waals surface area contributed by atoms with Crippen molar-refractivity contribution in [1.29, 1.82) is 0 Å². The summed E-state index contributed by atoms with van der Waals surface area (Å²) in [7, 11) is 0. The lowest BCUT2D eigenvalue weighted by Crippen LogP contribution is -2.14. The summed E-state index contributed by atoms with van der Waals surface area (Å²) in [6.07, 6.45) is 1.75. The van der Waals surface area contributed by atoms with Crippen LogP contribution in [-0.4, -0.2) is 21.0 Å². The average Bonchev–Trinajstić information content (AvgIpc) is 2.85. The maximum absolute atomic E-state index is 12.1. The van der Waals surface area contributed by atoms with Crippen LogP contribution in [0, 0.1) is 10.1 Å². The first-order chi connectivity index (χ1) is 10.0. The van der Waals surface area contributed by atoms with E-state index in [0.29, 0.717) is 5.82 Å². The van der Waals surface area contributed by atoms with Gasteiger partial charge in [-0.2, -0.15) is 5.10 Å². The van der Waals surface area contributed by atoms with Crippen molar-refractivity contribution < 1.29 is 9.72 Å². The van der Waals surface area contributed by atoms with Gasteiger partial charge in [0.2, 0.25) is 0 Å². The zero-order valence-corrected chi connectivity index (χ0v) is 12.0. The third kappa shape index (κ3) is 3.38. The summed E-state index contributed by atoms with van der Waals surface area (Å²) in [5.74, 6) is -0.309. The van der Waals surface area contributed by atoms with Gasteiger partial charge < -0.3 is 5.32 Å². The number of nitro groups is 1. The Kier molecular flexibility index (Phi) is 4.54. The summed E-state index contributed by atoms with van der Waals surface area (Å²) in [4.78, 5) is 22.5. The molecule has 0 fully saturated rings. The topological polar surface area (TPSA) is 101 Å². The van der Waals surface area contributed by atoms with E-state index in [1.807, 2.05) is 6.92 Å². The first-order valence-electron chi connectivity index (χ1n) is 6.31. The number of hydrogen-bond donors (Lipinski definition) is 2. The summed E-state index contributed by atoms with van der Waals surface area (Å²) in [6.45, 7) is 2.02. The number of aryl methyl sites for hydroxylation is 1. The molecule has 1 aromatic heterocycles. The van der Waals surface area contributed by atoms with E-state index < -0.39 is 16.5 Å². The number of nitrogens with one attached hydrogen (secondary N) is 2. The molecule has 2 rings (SSSR count). The smallest absolute Gasteiger partial charge is 0.300 e. The minimum absolute atomic E-state index is 0.0821. The highest BCUT2D eigenvalue weighted by Gasteiger charge is 2.24. The summed E-state index contributed by atoms with van der Waals surface area (Å²) < 4.78 is 0. The highest BCUT2D eigenvalue weighted by atomic mass is 35.5. The molecular formula is C13H13ClN4O3. The lowest BCUT2D eigenvalue weighted by atomic mass is 10.1. The molecule has 1 aromatic carbocycles. The molecule has 21 heavy (non-hydrogen) atoms. The third-order valence-electron chi connectivity index (χ3n) is 2.81. The van der Waals surface area contributed by atoms with Crippen molar-refractivity contribution in [2.24, 2.45) is 0 Å². The number of halogens is 1. The maximum atomic E-state index is 12.1. The summed E-state index contributed by atoms with van der Waals surface area (Å²) in [5.41, 5.74) is 0.363. The Morgan fingerprint density at radius 1 is 1.52 bits per heavy atom. The Bertz CT molecular complexity index is 684. The molecule has 0 atom stereocenters. The van der Waals surface area contributed by atoms with Crippen molar-refractivity contribution in [3.63, 3.8) is 0 Å². The molecule has 2 N–H and O–H groups in total. The first kappa shape index (κ1) is 15.0. The number of aromatic amines is 1. The number of amides is 1. The minimum atomic E-state index is -0.676. The van der Waals surface area contributed by atoms with Crippen molar-refractivity contribution in [2.75, 3.05) is 5.32 Å². The van der Waals surface area contributed by atoms with Gasteiger partial charge in [-0.3, -0.25) is 20.0 Å². The van der Waals surface area contributed by atoms with Gasteiger partial charge in [0.1, 0.15) is 10.6 Å². The van der Waals surface area contributed by atoms with Gasteiger partial charge >= 0.3 is 5.69 Å². The molecule has 0 saturated heterocycles. The zero-order valence-electron chi connectivity index (χ0n) is 11.2. The van der Waals surface area contributed by atoms with Gasteiger partial charge in [0.15, 0.2) is 5.82 Å². The van der Waals surface area contributed by atoms with Crippen LogP contribution in [-0.2, 0) is 6.42 Å². The van der Waals surface area contributed by atoms with E-state index in [1.165, 1.54) is 18.2 Å². The number of H-pyrrole nitrogens is 1. The van der Waals surface area contributed by atoms with Crippen molar-refractivity contribution in [1.82, 2.24) is 10.2 Å². The minimum Gasteiger partial charge on any atom is -0.305 e. The number of para-hydroxylation sites is 1.